The average Bonchev–Trinajstić information content (AvgIpc) is 3.26. The molecule has 0 bridgehead atoms. The second-order valence-corrected chi connectivity index (χ2v) is 8.55. The van der Waals surface area contributed by atoms with Crippen molar-refractivity contribution in [2.75, 3.05) is 19.7 Å². The van der Waals surface area contributed by atoms with Crippen LogP contribution in [-0.4, -0.2) is 52.0 Å². The Morgan fingerprint density at radius 3 is 2.91 bits per heavy atom. The minimum atomic E-state index is -0.530. The summed E-state index contributed by atoms with van der Waals surface area (Å²) in [4.78, 5) is 31.6. The minimum Gasteiger partial charge on any atom is -0.449 e. The van der Waals surface area contributed by atoms with Gasteiger partial charge in [0.15, 0.2) is 0 Å². The monoisotopic (exact) mass is 438 g/mol. The highest BCUT2D eigenvalue weighted by molar-refractivity contribution is 6.00. The van der Waals surface area contributed by atoms with Crippen LogP contribution >= 0.6 is 0 Å². The maximum atomic E-state index is 13.9. The molecule has 168 valence electrons. The molecule has 0 aliphatic carbocycles. The Kier molecular flexibility index (Phi) is 6.39. The van der Waals surface area contributed by atoms with Gasteiger partial charge in [-0.05, 0) is 42.2 Å². The number of aromatic nitrogens is 2. The van der Waals surface area contributed by atoms with Gasteiger partial charge in [0.25, 0.3) is 5.91 Å². The van der Waals surface area contributed by atoms with Crippen molar-refractivity contribution in [3.63, 3.8) is 0 Å². The van der Waals surface area contributed by atoms with E-state index in [4.69, 9.17) is 4.74 Å². The number of amides is 2. The molecule has 1 aliphatic rings. The summed E-state index contributed by atoms with van der Waals surface area (Å²) in [6.07, 6.45) is 5.21. The zero-order valence-electron chi connectivity index (χ0n) is 18.2. The first-order valence-electron chi connectivity index (χ1n) is 10.8. The Morgan fingerprint density at radius 2 is 2.12 bits per heavy atom. The second kappa shape index (κ2) is 9.38. The van der Waals surface area contributed by atoms with E-state index in [0.717, 1.165) is 11.1 Å². The number of carbonyl (C=O) groups is 2. The van der Waals surface area contributed by atoms with Crippen LogP contribution in [0.3, 0.4) is 0 Å². The minimum absolute atomic E-state index is 0.129. The van der Waals surface area contributed by atoms with Crippen molar-refractivity contribution in [1.82, 2.24) is 19.6 Å². The van der Waals surface area contributed by atoms with E-state index in [2.05, 4.69) is 10.3 Å². The Labute approximate surface area is 186 Å². The van der Waals surface area contributed by atoms with Crippen molar-refractivity contribution < 1.29 is 18.7 Å². The number of fused-ring (bicyclic) bond motifs is 1. The number of halogens is 1. The van der Waals surface area contributed by atoms with Gasteiger partial charge in [0, 0.05) is 25.2 Å². The van der Waals surface area contributed by atoms with Gasteiger partial charge in [0.05, 0.1) is 36.3 Å². The Bertz CT molecular complexity index is 1110. The van der Waals surface area contributed by atoms with Crippen molar-refractivity contribution in [2.45, 2.75) is 32.2 Å². The lowest BCUT2D eigenvalue weighted by atomic mass is 9.85. The van der Waals surface area contributed by atoms with E-state index >= 15 is 0 Å². The van der Waals surface area contributed by atoms with Crippen LogP contribution in [0.15, 0.2) is 55.1 Å². The van der Waals surface area contributed by atoms with E-state index in [1.807, 2.05) is 26.1 Å². The number of benzene rings is 1. The standard InChI is InChI=1S/C24H27FN4O3/c1-16(2)14-32-24(31)27-21-13-28(10-8-19(21)17-5-3-6-18(25)11-17)23(30)20-7-4-9-29-15-26-12-22(20)29/h3-7,9,11-12,15-16,19,21H,8,10,13-14H2,1-2H3,(H,27,31)/t19-,21+/m0/s1. The van der Waals surface area contributed by atoms with Gasteiger partial charge in [0.2, 0.25) is 0 Å². The summed E-state index contributed by atoms with van der Waals surface area (Å²) in [6.45, 7) is 5.01. The lowest BCUT2D eigenvalue weighted by Crippen LogP contribution is -2.53. The van der Waals surface area contributed by atoms with Crippen molar-refractivity contribution >= 4 is 17.5 Å². The quantitative estimate of drug-likeness (QED) is 0.657. The van der Waals surface area contributed by atoms with E-state index < -0.39 is 12.1 Å². The number of imidazole rings is 1. The Balaban J connectivity index is 1.56. The molecule has 0 radical (unpaired) electrons. The normalized spacial score (nSPS) is 18.7. The van der Waals surface area contributed by atoms with Crippen LogP contribution in [0.4, 0.5) is 9.18 Å². The molecule has 32 heavy (non-hydrogen) atoms. The van der Waals surface area contributed by atoms with Crippen LogP contribution in [-0.2, 0) is 4.74 Å². The van der Waals surface area contributed by atoms with E-state index in [-0.39, 0.29) is 23.6 Å². The summed E-state index contributed by atoms with van der Waals surface area (Å²) < 4.78 is 21.0. The number of likely N-dealkylation sites (tertiary alicyclic amines) is 1. The molecule has 3 heterocycles. The maximum Gasteiger partial charge on any atom is 0.407 e. The summed E-state index contributed by atoms with van der Waals surface area (Å²) in [7, 11) is 0. The Morgan fingerprint density at radius 1 is 1.28 bits per heavy atom. The number of nitrogens with zero attached hydrogens (tertiary/aromatic N) is 3. The first-order valence-corrected chi connectivity index (χ1v) is 10.8. The molecule has 0 saturated carbocycles. The number of alkyl carbamates (subject to hydrolysis) is 1. The van der Waals surface area contributed by atoms with Gasteiger partial charge in [0.1, 0.15) is 5.82 Å². The first kappa shape index (κ1) is 21.8. The highest BCUT2D eigenvalue weighted by Gasteiger charge is 2.34. The van der Waals surface area contributed by atoms with Gasteiger partial charge in [-0.1, -0.05) is 26.0 Å². The van der Waals surface area contributed by atoms with E-state index in [0.29, 0.717) is 31.7 Å². The molecule has 1 saturated heterocycles. The molecule has 1 aliphatic heterocycles. The van der Waals surface area contributed by atoms with Crippen molar-refractivity contribution in [1.29, 1.82) is 0 Å². The largest absolute Gasteiger partial charge is 0.449 e. The molecule has 2 atom stereocenters. The highest BCUT2D eigenvalue weighted by atomic mass is 19.1. The first-order chi connectivity index (χ1) is 15.4. The van der Waals surface area contributed by atoms with Gasteiger partial charge in [-0.15, -0.1) is 0 Å². The fourth-order valence-electron chi connectivity index (χ4n) is 4.15. The second-order valence-electron chi connectivity index (χ2n) is 8.55. The molecule has 1 fully saturated rings. The molecule has 3 aromatic rings. The molecular weight excluding hydrogens is 411 g/mol. The van der Waals surface area contributed by atoms with Gasteiger partial charge in [-0.2, -0.15) is 0 Å². The number of piperidine rings is 1. The van der Waals surface area contributed by atoms with Gasteiger partial charge in [-0.3, -0.25) is 4.79 Å². The number of hydrogen-bond acceptors (Lipinski definition) is 4. The third-order valence-electron chi connectivity index (χ3n) is 5.71. The molecule has 2 aromatic heterocycles. The van der Waals surface area contributed by atoms with Crippen LogP contribution < -0.4 is 5.32 Å². The molecule has 4 rings (SSSR count). The summed E-state index contributed by atoms with van der Waals surface area (Å²) >= 11 is 0. The van der Waals surface area contributed by atoms with Crippen molar-refractivity contribution in [2.24, 2.45) is 5.92 Å². The molecule has 0 spiro atoms. The van der Waals surface area contributed by atoms with E-state index in [1.54, 1.807) is 40.0 Å². The predicted octanol–water partition coefficient (Wildman–Crippen LogP) is 3.85. The maximum absolute atomic E-state index is 13.9. The summed E-state index contributed by atoms with van der Waals surface area (Å²) in [6, 6.07) is 9.58. The fraction of sp³-hybridized carbons (Fsp3) is 0.375. The topological polar surface area (TPSA) is 75.9 Å². The zero-order chi connectivity index (χ0) is 22.7. The average molecular weight is 439 g/mol. The molecule has 7 nitrogen and oxygen atoms in total. The molecule has 1 N–H and O–H groups in total. The Hall–Kier alpha value is -3.42. The molecule has 1 aromatic carbocycles. The van der Waals surface area contributed by atoms with E-state index in [1.165, 1.54) is 12.1 Å². The van der Waals surface area contributed by atoms with Crippen LogP contribution in [0.25, 0.3) is 5.52 Å². The van der Waals surface area contributed by atoms with Gasteiger partial charge in [-0.25, -0.2) is 14.2 Å². The summed E-state index contributed by atoms with van der Waals surface area (Å²) in [5.74, 6) is -0.377. The number of rotatable bonds is 5. The third kappa shape index (κ3) is 4.74. The van der Waals surface area contributed by atoms with Crippen molar-refractivity contribution in [3.05, 3.63) is 72.1 Å². The lowest BCUT2D eigenvalue weighted by molar-refractivity contribution is 0.0662. The predicted molar refractivity (Wildman–Crippen MR) is 118 cm³/mol. The van der Waals surface area contributed by atoms with Gasteiger partial charge >= 0.3 is 6.09 Å². The van der Waals surface area contributed by atoms with E-state index in [9.17, 15) is 14.0 Å². The van der Waals surface area contributed by atoms with Crippen LogP contribution in [0.5, 0.6) is 0 Å². The summed E-state index contributed by atoms with van der Waals surface area (Å²) in [5, 5.41) is 2.92. The van der Waals surface area contributed by atoms with Gasteiger partial charge < -0.3 is 19.4 Å². The van der Waals surface area contributed by atoms with Crippen LogP contribution in [0.2, 0.25) is 0 Å². The third-order valence-corrected chi connectivity index (χ3v) is 5.71. The lowest BCUT2D eigenvalue weighted by Gasteiger charge is -2.39. The number of carbonyl (C=O) groups excluding carboxylic acids is 2. The number of ether oxygens (including phenoxy) is 1. The number of pyridine rings is 1. The van der Waals surface area contributed by atoms with Crippen molar-refractivity contribution in [3.8, 4) is 0 Å². The zero-order valence-corrected chi connectivity index (χ0v) is 18.2. The summed E-state index contributed by atoms with van der Waals surface area (Å²) in [5.41, 5.74) is 2.07. The number of nitrogens with one attached hydrogen (secondary N) is 1. The highest BCUT2D eigenvalue weighted by Crippen LogP contribution is 2.30. The molecule has 8 heteroatoms. The molecular formula is C24H27FN4O3. The number of hydrogen-bond donors (Lipinski definition) is 1. The van der Waals surface area contributed by atoms with Crippen LogP contribution in [0, 0.1) is 11.7 Å². The van der Waals surface area contributed by atoms with Crippen LogP contribution in [0.1, 0.15) is 42.1 Å². The fourth-order valence-corrected chi connectivity index (χ4v) is 4.15. The molecule has 0 unspecified atom stereocenters. The molecule has 2 amide bonds. The smallest absolute Gasteiger partial charge is 0.407 e. The SMILES string of the molecule is CC(C)COC(=O)N[C@@H]1CN(C(=O)c2cccn3cncc23)CC[C@H]1c1cccc(F)c1.